The van der Waals surface area contributed by atoms with Crippen LogP contribution in [0.25, 0.3) is 10.5 Å². The highest BCUT2D eigenvalue weighted by molar-refractivity contribution is 7.95. The van der Waals surface area contributed by atoms with Crippen molar-refractivity contribution in [2.45, 2.75) is 4.90 Å². The van der Waals surface area contributed by atoms with Gasteiger partial charge in [-0.25, -0.2) is 4.21 Å². The van der Waals surface area contributed by atoms with E-state index in [4.69, 9.17) is 21.1 Å². The standard InChI is InChI=1S/C26H24ClNO4S/c1-28(2)14-15-32-20-10-6-17(7-11-20)25(29)24-22-13-12-21(31-3)16-23(22)33(30)26(24)18-4-8-19(27)9-5-18/h4-13,16H,14-15H2,1-3H3. The van der Waals surface area contributed by atoms with E-state index in [9.17, 15) is 9.00 Å². The summed E-state index contributed by atoms with van der Waals surface area (Å²) in [6.45, 7) is 1.35. The maximum Gasteiger partial charge on any atom is 0.194 e. The zero-order valence-corrected chi connectivity index (χ0v) is 20.2. The highest BCUT2D eigenvalue weighted by atomic mass is 35.5. The van der Waals surface area contributed by atoms with Gasteiger partial charge >= 0.3 is 0 Å². The molecule has 1 unspecified atom stereocenters. The second-order valence-electron chi connectivity index (χ2n) is 7.85. The Morgan fingerprint density at radius 3 is 2.27 bits per heavy atom. The first-order valence-electron chi connectivity index (χ1n) is 10.4. The normalized spacial score (nSPS) is 15.0. The van der Waals surface area contributed by atoms with E-state index in [0.29, 0.717) is 55.2 Å². The Labute approximate surface area is 201 Å². The number of benzene rings is 3. The molecular weight excluding hydrogens is 458 g/mol. The van der Waals surface area contributed by atoms with Gasteiger partial charge < -0.3 is 14.4 Å². The predicted molar refractivity (Wildman–Crippen MR) is 132 cm³/mol. The van der Waals surface area contributed by atoms with Crippen LogP contribution < -0.4 is 9.47 Å². The summed E-state index contributed by atoms with van der Waals surface area (Å²) < 4.78 is 24.6. The Morgan fingerprint density at radius 2 is 1.64 bits per heavy atom. The van der Waals surface area contributed by atoms with Gasteiger partial charge in [-0.05, 0) is 74.3 Å². The zero-order valence-electron chi connectivity index (χ0n) is 18.6. The average Bonchev–Trinajstić information content (AvgIpc) is 3.11. The maximum atomic E-state index is 13.7. The van der Waals surface area contributed by atoms with Crippen LogP contribution >= 0.6 is 11.6 Å². The second kappa shape index (κ2) is 9.91. The van der Waals surface area contributed by atoms with Crippen molar-refractivity contribution in [3.8, 4) is 11.5 Å². The number of carbonyl (C=O) groups is 1. The lowest BCUT2D eigenvalue weighted by molar-refractivity contribution is 0.105. The van der Waals surface area contributed by atoms with Crippen LogP contribution in [0.3, 0.4) is 0 Å². The Balaban J connectivity index is 1.74. The number of allylic oxidation sites excluding steroid dienone is 1. The molecule has 3 aromatic rings. The van der Waals surface area contributed by atoms with Crippen molar-refractivity contribution in [2.24, 2.45) is 0 Å². The van der Waals surface area contributed by atoms with Gasteiger partial charge in [0.1, 0.15) is 18.1 Å². The van der Waals surface area contributed by atoms with Gasteiger partial charge in [-0.15, -0.1) is 0 Å². The van der Waals surface area contributed by atoms with E-state index in [1.165, 1.54) is 0 Å². The van der Waals surface area contributed by atoms with Gasteiger partial charge in [0, 0.05) is 28.3 Å². The molecule has 1 heterocycles. The fourth-order valence-electron chi connectivity index (χ4n) is 3.59. The summed E-state index contributed by atoms with van der Waals surface area (Å²) >= 11 is 6.06. The topological polar surface area (TPSA) is 55.8 Å². The van der Waals surface area contributed by atoms with E-state index in [0.717, 1.165) is 6.54 Å². The van der Waals surface area contributed by atoms with Crippen LogP contribution in [-0.4, -0.2) is 49.2 Å². The predicted octanol–water partition coefficient (Wildman–Crippen LogP) is 5.16. The quantitative estimate of drug-likeness (QED) is 0.416. The summed E-state index contributed by atoms with van der Waals surface area (Å²) in [5.41, 5.74) is 2.27. The summed E-state index contributed by atoms with van der Waals surface area (Å²) in [4.78, 5) is 16.8. The number of hydrogen-bond donors (Lipinski definition) is 0. The van der Waals surface area contributed by atoms with Crippen molar-refractivity contribution in [1.82, 2.24) is 4.90 Å². The molecule has 0 fully saturated rings. The molecule has 33 heavy (non-hydrogen) atoms. The minimum Gasteiger partial charge on any atom is -0.497 e. The van der Waals surface area contributed by atoms with E-state index in [1.54, 1.807) is 73.8 Å². The minimum absolute atomic E-state index is 0.197. The Hall–Kier alpha value is -2.93. The first-order chi connectivity index (χ1) is 15.9. The van der Waals surface area contributed by atoms with Crippen molar-refractivity contribution < 1.29 is 18.5 Å². The first-order valence-corrected chi connectivity index (χ1v) is 11.9. The molecule has 3 aromatic carbocycles. The van der Waals surface area contributed by atoms with Crippen LogP contribution in [0.4, 0.5) is 0 Å². The van der Waals surface area contributed by atoms with Crippen LogP contribution in [0.15, 0.2) is 71.6 Å². The molecule has 0 radical (unpaired) electrons. The lowest BCUT2D eigenvalue weighted by Crippen LogP contribution is -2.19. The van der Waals surface area contributed by atoms with Gasteiger partial charge in [0.25, 0.3) is 0 Å². The first kappa shape index (κ1) is 23.2. The third-order valence-electron chi connectivity index (χ3n) is 5.33. The van der Waals surface area contributed by atoms with Gasteiger partial charge in [-0.1, -0.05) is 23.7 Å². The third-order valence-corrected chi connectivity index (χ3v) is 7.13. The number of likely N-dealkylation sites (N-methyl/N-ethyl adjacent to an activating group) is 1. The molecule has 0 spiro atoms. The molecule has 1 atom stereocenters. The van der Waals surface area contributed by atoms with Crippen molar-refractivity contribution >= 4 is 38.7 Å². The summed E-state index contributed by atoms with van der Waals surface area (Å²) in [6.07, 6.45) is 0. The molecule has 1 aliphatic heterocycles. The molecule has 0 aliphatic carbocycles. The van der Waals surface area contributed by atoms with Crippen LogP contribution in [-0.2, 0) is 10.8 Å². The zero-order chi connectivity index (χ0) is 23.5. The third kappa shape index (κ3) is 4.88. The highest BCUT2D eigenvalue weighted by Crippen LogP contribution is 2.44. The smallest absolute Gasteiger partial charge is 0.194 e. The van der Waals surface area contributed by atoms with Crippen molar-refractivity contribution in [3.63, 3.8) is 0 Å². The fourth-order valence-corrected chi connectivity index (χ4v) is 5.26. The van der Waals surface area contributed by atoms with Crippen LogP contribution in [0.1, 0.15) is 21.5 Å². The molecule has 0 saturated heterocycles. The van der Waals surface area contributed by atoms with Crippen molar-refractivity contribution in [3.05, 3.63) is 88.4 Å². The molecule has 0 saturated carbocycles. The SMILES string of the molecule is COc1ccc2c(c1)S(=O)C(c1ccc(Cl)cc1)=C2C(=O)c1ccc(OCCN(C)C)cc1. The van der Waals surface area contributed by atoms with Crippen molar-refractivity contribution in [1.29, 1.82) is 0 Å². The summed E-state index contributed by atoms with van der Waals surface area (Å²) in [5, 5.41) is 0.569. The number of rotatable bonds is 8. The molecule has 4 rings (SSSR count). The fraction of sp³-hybridized carbons (Fsp3) is 0.192. The molecule has 7 heteroatoms. The average molecular weight is 482 g/mol. The number of halogens is 1. The minimum atomic E-state index is -1.54. The van der Waals surface area contributed by atoms with E-state index >= 15 is 0 Å². The van der Waals surface area contributed by atoms with Gasteiger partial charge in [0.15, 0.2) is 5.78 Å². The summed E-state index contributed by atoms with van der Waals surface area (Å²) in [5.74, 6) is 1.09. The number of ether oxygens (including phenoxy) is 2. The van der Waals surface area contributed by atoms with Gasteiger partial charge in [0.05, 0.1) is 27.7 Å². The van der Waals surface area contributed by atoms with Crippen LogP contribution in [0.2, 0.25) is 5.02 Å². The number of methoxy groups -OCH3 is 1. The number of Topliss-reactive ketones (excluding diaryl/α,β-unsaturated/α-hetero) is 1. The molecule has 0 bridgehead atoms. The van der Waals surface area contributed by atoms with Gasteiger partial charge in [-0.2, -0.15) is 0 Å². The van der Waals surface area contributed by atoms with Gasteiger partial charge in [0.2, 0.25) is 0 Å². The van der Waals surface area contributed by atoms with Crippen LogP contribution in [0.5, 0.6) is 11.5 Å². The lowest BCUT2D eigenvalue weighted by Gasteiger charge is -2.12. The summed E-state index contributed by atoms with van der Waals surface area (Å²) in [7, 11) is 3.99. The largest absolute Gasteiger partial charge is 0.497 e. The molecule has 0 N–H and O–H groups in total. The lowest BCUT2D eigenvalue weighted by atomic mass is 9.94. The highest BCUT2D eigenvalue weighted by Gasteiger charge is 2.34. The molecular formula is C26H24ClNO4S. The summed E-state index contributed by atoms with van der Waals surface area (Å²) in [6, 6.07) is 19.4. The van der Waals surface area contributed by atoms with Crippen molar-refractivity contribution in [2.75, 3.05) is 34.4 Å². The molecule has 0 amide bonds. The number of carbonyl (C=O) groups excluding carboxylic acids is 1. The van der Waals surface area contributed by atoms with Crippen LogP contribution in [0, 0.1) is 0 Å². The number of fused-ring (bicyclic) bond motifs is 1. The van der Waals surface area contributed by atoms with E-state index in [2.05, 4.69) is 0 Å². The Morgan fingerprint density at radius 1 is 0.970 bits per heavy atom. The molecule has 1 aliphatic rings. The number of ketones is 1. The number of hydrogen-bond acceptors (Lipinski definition) is 5. The Bertz CT molecular complexity index is 1230. The second-order valence-corrected chi connectivity index (χ2v) is 9.67. The maximum absolute atomic E-state index is 13.7. The molecule has 170 valence electrons. The number of nitrogens with zero attached hydrogens (tertiary/aromatic N) is 1. The van der Waals surface area contributed by atoms with E-state index in [-0.39, 0.29) is 5.78 Å². The Kier molecular flexibility index (Phi) is 6.98. The van der Waals surface area contributed by atoms with Gasteiger partial charge in [-0.3, -0.25) is 4.79 Å². The van der Waals surface area contributed by atoms with E-state index in [1.807, 2.05) is 19.0 Å². The van der Waals surface area contributed by atoms with E-state index < -0.39 is 10.8 Å². The monoisotopic (exact) mass is 481 g/mol. The molecule has 5 nitrogen and oxygen atoms in total. The molecule has 0 aromatic heterocycles.